The number of aryl methyl sites for hydroxylation is 2. The second-order valence-electron chi connectivity index (χ2n) is 17.3. The minimum absolute atomic E-state index is 0. The summed E-state index contributed by atoms with van der Waals surface area (Å²) in [6.45, 7) is 8.35. The largest absolute Gasteiger partial charge is 0.0622 e. The molecule has 70 heavy (non-hydrogen) atoms. The average molecular weight is 1020 g/mol. The third-order valence-electron chi connectivity index (χ3n) is 11.2. The minimum Gasteiger partial charge on any atom is -0.0622 e. The smallest absolute Gasteiger partial charge is 0.0238 e. The predicted octanol–water partition coefficient (Wildman–Crippen LogP) is 11.1. The third kappa shape index (κ3) is 46.5. The monoisotopic (exact) mass is 1020 g/mol. The summed E-state index contributed by atoms with van der Waals surface area (Å²) >= 11 is 0. The van der Waals surface area contributed by atoms with E-state index in [1.165, 1.54) is 11.1 Å². The van der Waals surface area contributed by atoms with Gasteiger partial charge in [0.15, 0.2) is 5.25 Å². The van der Waals surface area contributed by atoms with E-state index in [9.17, 15) is 41.7 Å². The number of carbonyl (C=O) groups excluding carboxylic acids is 2. The molecule has 3 atom stereocenters. The Kier molecular flexibility index (Phi) is 47.8. The summed E-state index contributed by atoms with van der Waals surface area (Å²) in [6.07, 6.45) is 19.4. The molecule has 2 aromatic carbocycles. The molecule has 3 unspecified atom stereocenters. The van der Waals surface area contributed by atoms with Crippen LogP contribution in [0.4, 0.5) is 0 Å². The van der Waals surface area contributed by atoms with Gasteiger partial charge in [-0.15, -0.1) is 0 Å². The van der Waals surface area contributed by atoms with E-state index >= 15 is 0 Å². The fourth-order valence-electron chi connectivity index (χ4n) is 6.74. The normalized spacial score (nSPS) is 11.8. The maximum atomic E-state index is 12.2. The molecule has 0 fully saturated rings. The number of rotatable bonds is 36. The zero-order valence-corrected chi connectivity index (χ0v) is 42.8. The Bertz CT molecular complexity index is 1670. The molecule has 0 bridgehead atoms. The fraction of sp³-hybridized carbons (Fsp3) is 0.660. The van der Waals surface area contributed by atoms with Crippen LogP contribution >= 0.6 is 0 Å². The Morgan fingerprint density at radius 2 is 0.800 bits per heavy atom. The first-order chi connectivity index (χ1) is 32.9. The molecule has 0 aromatic heterocycles. The van der Waals surface area contributed by atoms with E-state index in [2.05, 4.69) is 74.5 Å². The van der Waals surface area contributed by atoms with Gasteiger partial charge < -0.3 is 29.9 Å². The van der Waals surface area contributed by atoms with Gasteiger partial charge in [0.2, 0.25) is 0 Å². The Morgan fingerprint density at radius 3 is 1.09 bits per heavy atom. The molecule has 15 nitrogen and oxygen atoms in total. The summed E-state index contributed by atoms with van der Waals surface area (Å²) in [4.78, 5) is 64.7. The van der Waals surface area contributed by atoms with Crippen molar-refractivity contribution < 1.29 is 71.6 Å². The number of ether oxygens (including phenoxy) is 2. The van der Waals surface area contributed by atoms with Gasteiger partial charge in [-0.25, -0.2) is 0 Å². The van der Waals surface area contributed by atoms with Gasteiger partial charge >= 0.3 is 65.4 Å². The number of hydrogen-bond acceptors (Lipinski definition) is 10. The van der Waals surface area contributed by atoms with E-state index in [-0.39, 0.29) is 80.3 Å². The SMILES string of the molecule is CCCCC(CC)COC(=O)CC(C(=O)OCC(CC)CCCC)S(=O)(=O)O.O=C(O)CCCCCCCC(=O)O.O=C(O)CCCCCCCCC(=O)O.[NaH].c1ccc(CCc2ccccc2)cc1. The average Bonchev–Trinajstić information content (AvgIpc) is 3.31. The number of hydrogen-bond donors (Lipinski definition) is 5. The van der Waals surface area contributed by atoms with E-state index < -0.39 is 57.6 Å². The van der Waals surface area contributed by atoms with Crippen molar-refractivity contribution in [2.75, 3.05) is 13.2 Å². The minimum atomic E-state index is -4.76. The molecule has 2 aromatic rings. The number of unbranched alkanes of at least 4 members (excludes halogenated alkanes) is 11. The summed E-state index contributed by atoms with van der Waals surface area (Å²) in [5.41, 5.74) is 2.83. The molecule has 0 heterocycles. The maximum Gasteiger partial charge on any atom is -0.0238 e. The molecule has 0 aliphatic rings. The van der Waals surface area contributed by atoms with E-state index in [4.69, 9.17) is 29.9 Å². The first kappa shape index (κ1) is 70.4. The molecular weight excluding hydrogens is 932 g/mol. The van der Waals surface area contributed by atoms with Crippen LogP contribution in [0.3, 0.4) is 0 Å². The number of carboxylic acids is 4. The van der Waals surface area contributed by atoms with Crippen LogP contribution in [0.5, 0.6) is 0 Å². The Hall–Kier alpha value is -3.83. The van der Waals surface area contributed by atoms with E-state index in [1.807, 2.05) is 13.8 Å². The molecule has 2 rings (SSSR count). The first-order valence-corrected chi connectivity index (χ1v) is 26.6. The van der Waals surface area contributed by atoms with Gasteiger partial charge in [0.1, 0.15) is 0 Å². The second kappa shape index (κ2) is 47.5. The summed E-state index contributed by atoms with van der Waals surface area (Å²) in [7, 11) is -4.76. The molecule has 0 saturated carbocycles. The van der Waals surface area contributed by atoms with E-state index in [0.717, 1.165) is 122 Å². The molecule has 0 amide bonds. The van der Waals surface area contributed by atoms with Crippen molar-refractivity contribution in [3.63, 3.8) is 0 Å². The van der Waals surface area contributed by atoms with Crippen LogP contribution < -0.4 is 0 Å². The van der Waals surface area contributed by atoms with Crippen molar-refractivity contribution in [3.05, 3.63) is 71.8 Å². The molecule has 5 N–H and O–H groups in total. The van der Waals surface area contributed by atoms with Crippen molar-refractivity contribution in [1.29, 1.82) is 0 Å². The quantitative estimate of drug-likeness (QED) is 0.0184. The Labute approximate surface area is 441 Å². The Balaban J connectivity index is -0.000000907. The van der Waals surface area contributed by atoms with Crippen LogP contribution in [0.1, 0.15) is 193 Å². The zero-order chi connectivity index (χ0) is 52.1. The number of esters is 2. The van der Waals surface area contributed by atoms with Gasteiger partial charge in [0.25, 0.3) is 10.1 Å². The molecule has 17 heteroatoms. The van der Waals surface area contributed by atoms with Crippen LogP contribution in [-0.4, -0.2) is 117 Å². The number of carbonyl (C=O) groups is 6. The predicted molar refractivity (Wildman–Crippen MR) is 276 cm³/mol. The second-order valence-corrected chi connectivity index (χ2v) is 18.9. The summed E-state index contributed by atoms with van der Waals surface area (Å²) < 4.78 is 42.8. The van der Waals surface area contributed by atoms with Crippen LogP contribution in [0.2, 0.25) is 0 Å². The zero-order valence-electron chi connectivity index (χ0n) is 42.0. The molecule has 0 aliphatic carbocycles. The fourth-order valence-corrected chi connectivity index (χ4v) is 7.40. The van der Waals surface area contributed by atoms with Crippen LogP contribution in [0.15, 0.2) is 60.7 Å². The Morgan fingerprint density at radius 1 is 0.486 bits per heavy atom. The van der Waals surface area contributed by atoms with Crippen LogP contribution in [-0.2, 0) is 61.2 Å². The standard InChI is InChI=1S/C20H38O7S.C14H14.C10H18O4.C9H16O4.Na.H/c1-5-9-11-16(7-3)14-26-19(21)13-18(28(23,24)25)20(22)27-15-17(8-4)12-10-6-2;1-3-7-13(8-4-1)11-12-14-9-5-2-6-10-14;11-9(12)7-5-3-1-2-4-6-8-10(13)14;10-8(11)6-4-2-1-3-5-7-9(12)13;;/h16-18H,5-15H2,1-4H3,(H,23,24,25);1-10H,11-12H2;1-8H2,(H,11,12)(H,13,14);1-7H2,(H,10,11)(H,12,13);;. The molecule has 0 aliphatic heterocycles. The van der Waals surface area contributed by atoms with Crippen molar-refractivity contribution in [3.8, 4) is 0 Å². The summed E-state index contributed by atoms with van der Waals surface area (Å²) in [6, 6.07) is 21.2. The molecule has 0 spiro atoms. The topological polar surface area (TPSA) is 256 Å². The van der Waals surface area contributed by atoms with Gasteiger partial charge in [-0.2, -0.15) is 8.42 Å². The van der Waals surface area contributed by atoms with Gasteiger partial charge in [0, 0.05) is 25.7 Å². The third-order valence-corrected chi connectivity index (χ3v) is 12.3. The van der Waals surface area contributed by atoms with E-state index in [1.54, 1.807) is 0 Å². The first-order valence-electron chi connectivity index (χ1n) is 25.1. The van der Waals surface area contributed by atoms with Crippen LogP contribution in [0.25, 0.3) is 0 Å². The molecule has 0 radical (unpaired) electrons. The number of carboxylic acid groups (broad SMARTS) is 4. The van der Waals surface area contributed by atoms with Crippen molar-refractivity contribution in [1.82, 2.24) is 0 Å². The molecule has 0 saturated heterocycles. The van der Waals surface area contributed by atoms with E-state index in [0.29, 0.717) is 12.8 Å². The van der Waals surface area contributed by atoms with Crippen molar-refractivity contribution in [2.45, 2.75) is 200 Å². The summed E-state index contributed by atoms with van der Waals surface area (Å²) in [5.74, 6) is -4.60. The van der Waals surface area contributed by atoms with Crippen LogP contribution in [0, 0.1) is 11.8 Å². The van der Waals surface area contributed by atoms with Gasteiger partial charge in [-0.1, -0.05) is 172 Å². The maximum absolute atomic E-state index is 12.2. The number of benzene rings is 2. The van der Waals surface area contributed by atoms with Gasteiger partial charge in [0.05, 0.1) is 19.6 Å². The number of aliphatic carboxylic acids is 4. The summed E-state index contributed by atoms with van der Waals surface area (Å²) in [5, 5.41) is 31.4. The van der Waals surface area contributed by atoms with Crippen molar-refractivity contribution in [2.24, 2.45) is 11.8 Å². The molecular formula is C53H87NaO15S. The van der Waals surface area contributed by atoms with Gasteiger partial charge in [-0.3, -0.25) is 33.3 Å². The van der Waals surface area contributed by atoms with Crippen molar-refractivity contribution >= 4 is 75.5 Å². The van der Waals surface area contributed by atoms with Gasteiger partial charge in [-0.05, 0) is 74.3 Å². The molecule has 396 valence electrons.